The van der Waals surface area contributed by atoms with Gasteiger partial charge in [-0.2, -0.15) is 0 Å². The van der Waals surface area contributed by atoms with Gasteiger partial charge in [-0.05, 0) is 31.0 Å². The van der Waals surface area contributed by atoms with Crippen LogP contribution >= 0.6 is 11.3 Å². The summed E-state index contributed by atoms with van der Waals surface area (Å²) in [6, 6.07) is 6.89. The second-order valence-electron chi connectivity index (χ2n) is 5.25. The molecule has 1 aliphatic rings. The molecule has 2 heterocycles. The van der Waals surface area contributed by atoms with Gasteiger partial charge in [0.2, 0.25) is 0 Å². The standard InChI is InChI=1S/C16H20N2OS/c1-11(17-7-5-15-10-20-12(2)18-15)13-3-4-16-14(9-13)6-8-19-16/h3-4,9-11,17H,5-8H2,1-2H3. The summed E-state index contributed by atoms with van der Waals surface area (Å²) in [7, 11) is 0. The Hall–Kier alpha value is -1.39. The second kappa shape index (κ2) is 5.94. The van der Waals surface area contributed by atoms with Crippen LogP contribution in [-0.4, -0.2) is 18.1 Å². The lowest BCUT2D eigenvalue weighted by atomic mass is 10.0. The first-order chi connectivity index (χ1) is 9.72. The zero-order valence-corrected chi connectivity index (χ0v) is 12.8. The van der Waals surface area contributed by atoms with Gasteiger partial charge in [-0.1, -0.05) is 12.1 Å². The SMILES string of the molecule is Cc1nc(CCNC(C)c2ccc3c(c2)CCO3)cs1. The average Bonchev–Trinajstić information content (AvgIpc) is 3.06. The first-order valence-corrected chi connectivity index (χ1v) is 8.00. The largest absolute Gasteiger partial charge is 0.493 e. The first-order valence-electron chi connectivity index (χ1n) is 7.12. The number of nitrogens with one attached hydrogen (secondary N) is 1. The Morgan fingerprint density at radius 3 is 3.15 bits per heavy atom. The Kier molecular flexibility index (Phi) is 4.03. The third kappa shape index (κ3) is 3.02. The molecular formula is C16H20N2OS. The van der Waals surface area contributed by atoms with Crippen LogP contribution < -0.4 is 10.1 Å². The van der Waals surface area contributed by atoms with Crippen LogP contribution in [0.3, 0.4) is 0 Å². The number of hydrogen-bond donors (Lipinski definition) is 1. The number of benzene rings is 1. The molecule has 0 saturated heterocycles. The molecule has 1 aromatic carbocycles. The van der Waals surface area contributed by atoms with E-state index >= 15 is 0 Å². The van der Waals surface area contributed by atoms with Crippen LogP contribution in [0.1, 0.15) is 34.8 Å². The minimum atomic E-state index is 0.362. The lowest BCUT2D eigenvalue weighted by Gasteiger charge is -2.14. The fourth-order valence-corrected chi connectivity index (χ4v) is 3.18. The molecule has 2 aromatic rings. The summed E-state index contributed by atoms with van der Waals surface area (Å²) in [5.74, 6) is 1.05. The van der Waals surface area contributed by atoms with Crippen molar-refractivity contribution < 1.29 is 4.74 Å². The number of fused-ring (bicyclic) bond motifs is 1. The van der Waals surface area contributed by atoms with E-state index in [1.807, 2.05) is 0 Å². The highest BCUT2D eigenvalue weighted by Crippen LogP contribution is 2.28. The molecule has 0 bridgehead atoms. The van der Waals surface area contributed by atoms with Gasteiger partial charge in [-0.3, -0.25) is 0 Å². The summed E-state index contributed by atoms with van der Waals surface area (Å²) < 4.78 is 5.55. The third-order valence-corrected chi connectivity index (χ3v) is 4.53. The summed E-state index contributed by atoms with van der Waals surface area (Å²) in [4.78, 5) is 4.49. The molecule has 0 amide bonds. The van der Waals surface area contributed by atoms with Crippen molar-refractivity contribution in [1.29, 1.82) is 0 Å². The van der Waals surface area contributed by atoms with E-state index < -0.39 is 0 Å². The number of ether oxygens (including phenoxy) is 1. The highest BCUT2D eigenvalue weighted by molar-refractivity contribution is 7.09. The number of aromatic nitrogens is 1. The second-order valence-corrected chi connectivity index (χ2v) is 6.31. The van der Waals surface area contributed by atoms with Crippen LogP contribution in [-0.2, 0) is 12.8 Å². The Balaban J connectivity index is 1.55. The average molecular weight is 288 g/mol. The molecule has 106 valence electrons. The molecule has 1 aliphatic heterocycles. The van der Waals surface area contributed by atoms with Gasteiger partial charge in [0.15, 0.2) is 0 Å². The van der Waals surface area contributed by atoms with Gasteiger partial charge < -0.3 is 10.1 Å². The predicted octanol–water partition coefficient (Wildman–Crippen LogP) is 3.28. The highest BCUT2D eigenvalue weighted by Gasteiger charge is 2.14. The normalized spacial score (nSPS) is 14.9. The number of hydrogen-bond acceptors (Lipinski definition) is 4. The van der Waals surface area contributed by atoms with Crippen LogP contribution in [0, 0.1) is 6.92 Å². The van der Waals surface area contributed by atoms with Crippen molar-refractivity contribution in [2.24, 2.45) is 0 Å². The zero-order valence-electron chi connectivity index (χ0n) is 12.0. The molecule has 4 heteroatoms. The Labute approximate surface area is 124 Å². The van der Waals surface area contributed by atoms with Gasteiger partial charge in [0.1, 0.15) is 5.75 Å². The molecule has 0 aliphatic carbocycles. The Bertz CT molecular complexity index is 594. The summed E-state index contributed by atoms with van der Waals surface area (Å²) in [5, 5.41) is 6.86. The lowest BCUT2D eigenvalue weighted by molar-refractivity contribution is 0.356. The monoisotopic (exact) mass is 288 g/mol. The number of aryl methyl sites for hydroxylation is 1. The molecule has 0 saturated carbocycles. The predicted molar refractivity (Wildman–Crippen MR) is 82.6 cm³/mol. The van der Waals surface area contributed by atoms with E-state index in [0.717, 1.165) is 36.8 Å². The molecular weight excluding hydrogens is 268 g/mol. The number of nitrogens with zero attached hydrogens (tertiary/aromatic N) is 1. The van der Waals surface area contributed by atoms with Crippen molar-refractivity contribution in [1.82, 2.24) is 10.3 Å². The van der Waals surface area contributed by atoms with E-state index in [4.69, 9.17) is 4.74 Å². The fraction of sp³-hybridized carbons (Fsp3) is 0.438. The van der Waals surface area contributed by atoms with Crippen molar-refractivity contribution in [3.8, 4) is 5.75 Å². The molecule has 1 atom stereocenters. The lowest BCUT2D eigenvalue weighted by Crippen LogP contribution is -2.21. The van der Waals surface area contributed by atoms with Crippen LogP contribution in [0.2, 0.25) is 0 Å². The fourth-order valence-electron chi connectivity index (χ4n) is 2.53. The van der Waals surface area contributed by atoms with E-state index in [1.165, 1.54) is 16.8 Å². The molecule has 1 unspecified atom stereocenters. The molecule has 3 nitrogen and oxygen atoms in total. The molecule has 1 aromatic heterocycles. The van der Waals surface area contributed by atoms with Crippen molar-refractivity contribution in [3.63, 3.8) is 0 Å². The molecule has 3 rings (SSSR count). The van der Waals surface area contributed by atoms with E-state index in [-0.39, 0.29) is 0 Å². The van der Waals surface area contributed by atoms with Gasteiger partial charge in [0, 0.05) is 30.8 Å². The van der Waals surface area contributed by atoms with Crippen molar-refractivity contribution in [3.05, 3.63) is 45.4 Å². The van der Waals surface area contributed by atoms with E-state index in [1.54, 1.807) is 11.3 Å². The van der Waals surface area contributed by atoms with Crippen LogP contribution in [0.25, 0.3) is 0 Å². The zero-order chi connectivity index (χ0) is 13.9. The Morgan fingerprint density at radius 2 is 2.35 bits per heavy atom. The van der Waals surface area contributed by atoms with Gasteiger partial charge in [-0.15, -0.1) is 11.3 Å². The highest BCUT2D eigenvalue weighted by atomic mass is 32.1. The minimum absolute atomic E-state index is 0.362. The van der Waals surface area contributed by atoms with Crippen molar-refractivity contribution >= 4 is 11.3 Å². The van der Waals surface area contributed by atoms with Crippen LogP contribution in [0.15, 0.2) is 23.6 Å². The minimum Gasteiger partial charge on any atom is -0.493 e. The van der Waals surface area contributed by atoms with Gasteiger partial charge in [0.25, 0.3) is 0 Å². The van der Waals surface area contributed by atoms with E-state index in [9.17, 15) is 0 Å². The summed E-state index contributed by atoms with van der Waals surface area (Å²) in [6.07, 6.45) is 2.02. The molecule has 1 N–H and O–H groups in total. The van der Waals surface area contributed by atoms with Crippen LogP contribution in [0.5, 0.6) is 5.75 Å². The first kappa shape index (κ1) is 13.6. The topological polar surface area (TPSA) is 34.2 Å². The quantitative estimate of drug-likeness (QED) is 0.917. The third-order valence-electron chi connectivity index (χ3n) is 3.71. The van der Waals surface area contributed by atoms with E-state index in [0.29, 0.717) is 6.04 Å². The maximum absolute atomic E-state index is 5.55. The molecule has 0 spiro atoms. The van der Waals surface area contributed by atoms with Crippen LogP contribution in [0.4, 0.5) is 0 Å². The van der Waals surface area contributed by atoms with Gasteiger partial charge >= 0.3 is 0 Å². The summed E-state index contributed by atoms with van der Waals surface area (Å²) >= 11 is 1.72. The van der Waals surface area contributed by atoms with E-state index in [2.05, 4.69) is 47.7 Å². The number of thiazole rings is 1. The van der Waals surface area contributed by atoms with Gasteiger partial charge in [0.05, 0.1) is 17.3 Å². The maximum atomic E-state index is 5.55. The Morgan fingerprint density at radius 1 is 1.45 bits per heavy atom. The smallest absolute Gasteiger partial charge is 0.122 e. The van der Waals surface area contributed by atoms with Gasteiger partial charge in [-0.25, -0.2) is 4.98 Å². The number of rotatable bonds is 5. The molecule has 0 fully saturated rings. The van der Waals surface area contributed by atoms with Crippen molar-refractivity contribution in [2.45, 2.75) is 32.7 Å². The molecule has 20 heavy (non-hydrogen) atoms. The van der Waals surface area contributed by atoms with Crippen molar-refractivity contribution in [2.75, 3.05) is 13.2 Å². The summed E-state index contributed by atoms with van der Waals surface area (Å²) in [6.45, 7) is 6.04. The summed E-state index contributed by atoms with van der Waals surface area (Å²) in [5.41, 5.74) is 3.87. The maximum Gasteiger partial charge on any atom is 0.122 e. The molecule has 0 radical (unpaired) electrons.